The standard InChI is InChI=1S/C15H14F3N3O2/c16-15(17,18)13-9-12(23-20-13)14(22)19-10-4-3-5-11(8-10)21-6-1-2-7-21/h3-5,8-9H,1-2,6-7H2,(H,19,22). The van der Waals surface area contributed by atoms with E-state index in [0.717, 1.165) is 31.6 Å². The third-order valence-electron chi connectivity index (χ3n) is 3.60. The summed E-state index contributed by atoms with van der Waals surface area (Å²) >= 11 is 0. The van der Waals surface area contributed by atoms with Crippen molar-refractivity contribution in [3.05, 3.63) is 41.8 Å². The van der Waals surface area contributed by atoms with Gasteiger partial charge in [-0.25, -0.2) is 0 Å². The van der Waals surface area contributed by atoms with Crippen LogP contribution in [0.25, 0.3) is 0 Å². The third-order valence-corrected chi connectivity index (χ3v) is 3.60. The molecule has 0 radical (unpaired) electrons. The SMILES string of the molecule is O=C(Nc1cccc(N2CCCC2)c1)c1cc(C(F)(F)F)no1. The van der Waals surface area contributed by atoms with Gasteiger partial charge in [-0.2, -0.15) is 13.2 Å². The highest BCUT2D eigenvalue weighted by molar-refractivity contribution is 6.02. The molecular formula is C15H14F3N3O2. The molecule has 8 heteroatoms. The monoisotopic (exact) mass is 325 g/mol. The molecule has 1 saturated heterocycles. The van der Waals surface area contributed by atoms with Crippen LogP contribution in [0, 0.1) is 0 Å². The predicted octanol–water partition coefficient (Wildman–Crippen LogP) is 3.55. The van der Waals surface area contributed by atoms with Crippen LogP contribution in [0.3, 0.4) is 0 Å². The van der Waals surface area contributed by atoms with Crippen LogP contribution in [0.5, 0.6) is 0 Å². The van der Waals surface area contributed by atoms with Crippen LogP contribution in [-0.4, -0.2) is 24.2 Å². The maximum Gasteiger partial charge on any atom is 0.436 e. The van der Waals surface area contributed by atoms with E-state index in [2.05, 4.69) is 19.9 Å². The van der Waals surface area contributed by atoms with E-state index in [1.165, 1.54) is 0 Å². The normalized spacial score (nSPS) is 15.0. The maximum absolute atomic E-state index is 12.5. The van der Waals surface area contributed by atoms with Crippen molar-refractivity contribution in [2.75, 3.05) is 23.3 Å². The van der Waals surface area contributed by atoms with E-state index in [4.69, 9.17) is 0 Å². The van der Waals surface area contributed by atoms with Crippen molar-refractivity contribution in [1.29, 1.82) is 0 Å². The zero-order valence-electron chi connectivity index (χ0n) is 12.1. The molecule has 5 nitrogen and oxygen atoms in total. The van der Waals surface area contributed by atoms with Gasteiger partial charge >= 0.3 is 6.18 Å². The molecule has 122 valence electrons. The second-order valence-electron chi connectivity index (χ2n) is 5.27. The molecule has 0 saturated carbocycles. The van der Waals surface area contributed by atoms with Gasteiger partial charge in [-0.3, -0.25) is 4.79 Å². The number of carbonyl (C=O) groups excluding carboxylic acids is 1. The molecule has 2 heterocycles. The Balaban J connectivity index is 1.72. The van der Waals surface area contributed by atoms with Gasteiger partial charge in [-0.1, -0.05) is 11.2 Å². The highest BCUT2D eigenvalue weighted by atomic mass is 19.4. The third kappa shape index (κ3) is 3.46. The number of nitrogens with zero attached hydrogens (tertiary/aromatic N) is 2. The number of rotatable bonds is 3. The minimum absolute atomic E-state index is 0.482. The van der Waals surface area contributed by atoms with Crippen molar-refractivity contribution in [1.82, 2.24) is 5.16 Å². The Labute approximate surface area is 130 Å². The predicted molar refractivity (Wildman–Crippen MR) is 77.3 cm³/mol. The molecule has 1 aliphatic rings. The molecule has 0 spiro atoms. The van der Waals surface area contributed by atoms with Gasteiger partial charge in [0.05, 0.1) is 0 Å². The fourth-order valence-electron chi connectivity index (χ4n) is 2.46. The number of hydrogen-bond acceptors (Lipinski definition) is 4. The first-order chi connectivity index (χ1) is 10.9. The quantitative estimate of drug-likeness (QED) is 0.938. The van der Waals surface area contributed by atoms with E-state index in [1.54, 1.807) is 18.2 Å². The molecule has 0 atom stereocenters. The molecule has 1 aliphatic heterocycles. The van der Waals surface area contributed by atoms with Crippen molar-refractivity contribution in [3.8, 4) is 0 Å². The van der Waals surface area contributed by atoms with Crippen LogP contribution in [0.2, 0.25) is 0 Å². The summed E-state index contributed by atoms with van der Waals surface area (Å²) in [5.41, 5.74) is 0.228. The Morgan fingerprint density at radius 3 is 2.61 bits per heavy atom. The van der Waals surface area contributed by atoms with Crippen molar-refractivity contribution < 1.29 is 22.5 Å². The number of halogens is 3. The summed E-state index contributed by atoms with van der Waals surface area (Å²) in [6.07, 6.45) is -2.40. The number of amides is 1. The molecule has 1 N–H and O–H groups in total. The Hall–Kier alpha value is -2.51. The average Bonchev–Trinajstić information content (AvgIpc) is 3.19. The Morgan fingerprint density at radius 2 is 1.96 bits per heavy atom. The molecule has 1 amide bonds. The minimum atomic E-state index is -4.64. The van der Waals surface area contributed by atoms with Gasteiger partial charge in [0.15, 0.2) is 5.69 Å². The first kappa shape index (κ1) is 15.4. The maximum atomic E-state index is 12.5. The van der Waals surface area contributed by atoms with Gasteiger partial charge in [0.25, 0.3) is 5.91 Å². The number of alkyl halides is 3. The lowest BCUT2D eigenvalue weighted by Gasteiger charge is -2.18. The largest absolute Gasteiger partial charge is 0.436 e. The van der Waals surface area contributed by atoms with Crippen LogP contribution in [0.4, 0.5) is 24.5 Å². The molecule has 3 rings (SSSR count). The lowest BCUT2D eigenvalue weighted by Crippen LogP contribution is -2.18. The first-order valence-electron chi connectivity index (χ1n) is 7.14. The molecular weight excluding hydrogens is 311 g/mol. The van der Waals surface area contributed by atoms with Crippen molar-refractivity contribution in [2.45, 2.75) is 19.0 Å². The molecule has 0 unspecified atom stereocenters. The van der Waals surface area contributed by atoms with Crippen molar-refractivity contribution in [3.63, 3.8) is 0 Å². The molecule has 2 aromatic rings. The zero-order chi connectivity index (χ0) is 16.4. The summed E-state index contributed by atoms with van der Waals surface area (Å²) in [5, 5.41) is 5.38. The number of benzene rings is 1. The van der Waals surface area contributed by atoms with E-state index in [9.17, 15) is 18.0 Å². The van der Waals surface area contributed by atoms with Crippen LogP contribution < -0.4 is 10.2 Å². The Bertz CT molecular complexity index is 706. The highest BCUT2D eigenvalue weighted by Gasteiger charge is 2.35. The molecule has 1 fully saturated rings. The Kier molecular flexibility index (Phi) is 3.97. The summed E-state index contributed by atoms with van der Waals surface area (Å²) in [7, 11) is 0. The smallest absolute Gasteiger partial charge is 0.371 e. The van der Waals surface area contributed by atoms with Gasteiger partial charge in [0, 0.05) is 30.5 Å². The van der Waals surface area contributed by atoms with E-state index in [0.29, 0.717) is 11.8 Å². The number of aromatic nitrogens is 1. The van der Waals surface area contributed by atoms with Gasteiger partial charge in [0.1, 0.15) is 0 Å². The average molecular weight is 325 g/mol. The molecule has 1 aromatic heterocycles. The van der Waals surface area contributed by atoms with E-state index in [1.807, 2.05) is 6.07 Å². The fourth-order valence-corrected chi connectivity index (χ4v) is 2.46. The number of carbonyl (C=O) groups is 1. The topological polar surface area (TPSA) is 58.4 Å². The van der Waals surface area contributed by atoms with Crippen molar-refractivity contribution >= 4 is 17.3 Å². The Morgan fingerprint density at radius 1 is 1.22 bits per heavy atom. The van der Waals surface area contributed by atoms with Crippen LogP contribution in [0.15, 0.2) is 34.9 Å². The second-order valence-corrected chi connectivity index (χ2v) is 5.27. The van der Waals surface area contributed by atoms with Gasteiger partial charge in [-0.15, -0.1) is 0 Å². The minimum Gasteiger partial charge on any atom is -0.371 e. The summed E-state index contributed by atoms with van der Waals surface area (Å²) in [4.78, 5) is 14.1. The second kappa shape index (κ2) is 5.94. The van der Waals surface area contributed by atoms with E-state index in [-0.39, 0.29) is 0 Å². The molecule has 0 aliphatic carbocycles. The summed E-state index contributed by atoms with van der Waals surface area (Å²) in [6, 6.07) is 7.74. The van der Waals surface area contributed by atoms with Gasteiger partial charge < -0.3 is 14.7 Å². The lowest BCUT2D eigenvalue weighted by molar-refractivity contribution is -0.142. The first-order valence-corrected chi connectivity index (χ1v) is 7.14. The summed E-state index contributed by atoms with van der Waals surface area (Å²) in [5.74, 6) is -1.25. The lowest BCUT2D eigenvalue weighted by atomic mass is 10.2. The van der Waals surface area contributed by atoms with Crippen LogP contribution >= 0.6 is 0 Å². The number of hydrogen-bond donors (Lipinski definition) is 1. The van der Waals surface area contributed by atoms with Crippen LogP contribution in [0.1, 0.15) is 29.1 Å². The number of anilines is 2. The number of nitrogens with one attached hydrogen (secondary N) is 1. The van der Waals surface area contributed by atoms with Crippen molar-refractivity contribution in [2.24, 2.45) is 0 Å². The fraction of sp³-hybridized carbons (Fsp3) is 0.333. The van der Waals surface area contributed by atoms with Gasteiger partial charge in [0.2, 0.25) is 5.76 Å². The van der Waals surface area contributed by atoms with Crippen LogP contribution in [-0.2, 0) is 6.18 Å². The van der Waals surface area contributed by atoms with E-state index < -0.39 is 23.5 Å². The molecule has 0 bridgehead atoms. The highest BCUT2D eigenvalue weighted by Crippen LogP contribution is 2.29. The van der Waals surface area contributed by atoms with Gasteiger partial charge in [-0.05, 0) is 31.0 Å². The van der Waals surface area contributed by atoms with E-state index >= 15 is 0 Å². The zero-order valence-corrected chi connectivity index (χ0v) is 12.1. The molecule has 1 aromatic carbocycles. The summed E-state index contributed by atoms with van der Waals surface area (Å²) in [6.45, 7) is 1.91. The molecule has 23 heavy (non-hydrogen) atoms. The summed E-state index contributed by atoms with van der Waals surface area (Å²) < 4.78 is 41.8.